The molecule has 1 aromatic heterocycles. The Morgan fingerprint density at radius 2 is 1.59 bits per heavy atom. The number of aryl methyl sites for hydroxylation is 2. The molecule has 0 unspecified atom stereocenters. The third kappa shape index (κ3) is 4.40. The highest BCUT2D eigenvalue weighted by Crippen LogP contribution is 2.39. The lowest BCUT2D eigenvalue weighted by Crippen LogP contribution is -3.00. The second-order valence-corrected chi connectivity index (χ2v) is 9.01. The van der Waals surface area contributed by atoms with Crippen LogP contribution in [0.15, 0.2) is 65.3 Å². The van der Waals surface area contributed by atoms with Crippen molar-refractivity contribution < 1.29 is 31.2 Å². The molecule has 0 radical (unpaired) electrons. The first-order chi connectivity index (χ1) is 16.1. The maximum Gasteiger partial charge on any atom is 0.213 e. The van der Waals surface area contributed by atoms with Crippen LogP contribution in [-0.2, 0) is 19.5 Å². The highest BCUT2D eigenvalue weighted by molar-refractivity contribution is 9.10. The van der Waals surface area contributed by atoms with Gasteiger partial charge in [-0.3, -0.25) is 0 Å². The zero-order valence-electron chi connectivity index (χ0n) is 19.3. The van der Waals surface area contributed by atoms with Crippen LogP contribution in [0.5, 0.6) is 17.2 Å². The number of nitrogens with one attached hydrogen (secondary N) is 1. The van der Waals surface area contributed by atoms with E-state index in [1.165, 1.54) is 22.4 Å². The fourth-order valence-electron chi connectivity index (χ4n) is 4.51. The van der Waals surface area contributed by atoms with Crippen LogP contribution in [0.4, 0.5) is 5.69 Å². The Morgan fingerprint density at radius 3 is 2.29 bits per heavy atom. The van der Waals surface area contributed by atoms with Gasteiger partial charge in [0.05, 0.1) is 38.0 Å². The molecule has 176 valence electrons. The summed E-state index contributed by atoms with van der Waals surface area (Å²) in [6.07, 6.45) is 3.17. The van der Waals surface area contributed by atoms with E-state index in [4.69, 9.17) is 14.2 Å². The molecule has 2 heterocycles. The van der Waals surface area contributed by atoms with Crippen molar-refractivity contribution in [2.24, 2.45) is 0 Å². The summed E-state index contributed by atoms with van der Waals surface area (Å²) in [4.78, 5) is 0. The highest BCUT2D eigenvalue weighted by Gasteiger charge is 2.27. The number of aromatic nitrogens is 1. The van der Waals surface area contributed by atoms with E-state index in [-0.39, 0.29) is 12.4 Å². The summed E-state index contributed by atoms with van der Waals surface area (Å²) >= 11 is 3.50. The number of rotatable bonds is 6. The lowest BCUT2D eigenvalue weighted by Gasteiger charge is -2.19. The van der Waals surface area contributed by atoms with Crippen LogP contribution in [0, 0.1) is 0 Å². The predicted octanol–water partition coefficient (Wildman–Crippen LogP) is 2.75. The minimum absolute atomic E-state index is 0. The standard InChI is InChI=1S/C27H25BrN2O3.ClH/c1-31-24-9-6-18-12-23-21-14-26(33-3)25(32-2)13-19(21)10-11-30(23)16-22(18)27(24)29-15-17-4-7-20(28)8-5-17;/h4-9,12-14,16H,10-11,15H2,1-3H3;1H. The molecule has 5 nitrogen and oxygen atoms in total. The minimum Gasteiger partial charge on any atom is -1.00 e. The van der Waals surface area contributed by atoms with E-state index in [2.05, 4.69) is 80.5 Å². The van der Waals surface area contributed by atoms with Gasteiger partial charge in [-0.15, -0.1) is 0 Å². The Bertz CT molecular complexity index is 1340. The molecule has 34 heavy (non-hydrogen) atoms. The SMILES string of the molecule is COc1cc2c(cc1OC)-c1cc3ccc(OC)c(NCc4ccc(Br)cc4)c3c[n+]1CC2.[Cl-]. The average molecular weight is 542 g/mol. The molecule has 0 atom stereocenters. The number of halogens is 2. The van der Waals surface area contributed by atoms with Gasteiger partial charge in [-0.25, -0.2) is 0 Å². The topological polar surface area (TPSA) is 43.6 Å². The number of benzene rings is 3. The zero-order valence-corrected chi connectivity index (χ0v) is 21.7. The largest absolute Gasteiger partial charge is 1.00 e. The molecule has 1 aliphatic heterocycles. The second-order valence-electron chi connectivity index (χ2n) is 8.09. The van der Waals surface area contributed by atoms with Crippen molar-refractivity contribution in [3.05, 3.63) is 76.4 Å². The summed E-state index contributed by atoms with van der Waals surface area (Å²) < 4.78 is 20.2. The highest BCUT2D eigenvalue weighted by atomic mass is 79.9. The molecule has 3 aromatic carbocycles. The van der Waals surface area contributed by atoms with Crippen LogP contribution in [-0.4, -0.2) is 21.3 Å². The number of fused-ring (bicyclic) bond motifs is 4. The second kappa shape index (κ2) is 10.1. The molecule has 0 spiro atoms. The summed E-state index contributed by atoms with van der Waals surface area (Å²) in [5.74, 6) is 2.36. The van der Waals surface area contributed by atoms with Crippen molar-refractivity contribution in [3.8, 4) is 28.5 Å². The Morgan fingerprint density at radius 1 is 0.882 bits per heavy atom. The fourth-order valence-corrected chi connectivity index (χ4v) is 4.77. The van der Waals surface area contributed by atoms with Crippen molar-refractivity contribution in [2.45, 2.75) is 19.5 Å². The van der Waals surface area contributed by atoms with Gasteiger partial charge < -0.3 is 31.9 Å². The average Bonchev–Trinajstić information content (AvgIpc) is 2.86. The Hall–Kier alpha value is -2.96. The summed E-state index contributed by atoms with van der Waals surface area (Å²) in [6.45, 7) is 1.61. The van der Waals surface area contributed by atoms with Crippen molar-refractivity contribution in [1.82, 2.24) is 0 Å². The molecule has 0 amide bonds. The number of hydrogen-bond donors (Lipinski definition) is 1. The molecule has 0 saturated carbocycles. The number of nitrogens with zero attached hydrogens (tertiary/aromatic N) is 1. The monoisotopic (exact) mass is 540 g/mol. The summed E-state index contributed by atoms with van der Waals surface area (Å²) in [7, 11) is 5.07. The van der Waals surface area contributed by atoms with Crippen LogP contribution in [0.1, 0.15) is 11.1 Å². The molecule has 1 N–H and O–H groups in total. The molecule has 0 aliphatic carbocycles. The molecular weight excluding hydrogens is 516 g/mol. The molecule has 0 saturated heterocycles. The Kier molecular flexibility index (Phi) is 7.19. The first-order valence-electron chi connectivity index (χ1n) is 10.9. The van der Waals surface area contributed by atoms with Gasteiger partial charge in [-0.2, -0.15) is 4.57 Å². The van der Waals surface area contributed by atoms with Gasteiger partial charge in [0.15, 0.2) is 24.2 Å². The van der Waals surface area contributed by atoms with Gasteiger partial charge in [-0.1, -0.05) is 34.1 Å². The van der Waals surface area contributed by atoms with Crippen molar-refractivity contribution in [1.29, 1.82) is 0 Å². The molecule has 7 heteroatoms. The Labute approximate surface area is 214 Å². The van der Waals surface area contributed by atoms with E-state index in [9.17, 15) is 0 Å². The number of ether oxygens (including phenoxy) is 3. The molecule has 0 bridgehead atoms. The van der Waals surface area contributed by atoms with Gasteiger partial charge in [0.1, 0.15) is 5.75 Å². The summed E-state index contributed by atoms with van der Waals surface area (Å²) in [6, 6.07) is 18.9. The minimum atomic E-state index is 0. The smallest absolute Gasteiger partial charge is 0.213 e. The maximum absolute atomic E-state index is 5.71. The molecule has 4 aromatic rings. The number of hydrogen-bond acceptors (Lipinski definition) is 4. The van der Waals surface area contributed by atoms with Crippen LogP contribution in [0.2, 0.25) is 0 Å². The van der Waals surface area contributed by atoms with Crippen molar-refractivity contribution >= 4 is 32.4 Å². The summed E-state index contributed by atoms with van der Waals surface area (Å²) in [5, 5.41) is 5.91. The third-order valence-corrected chi connectivity index (χ3v) is 6.77. The zero-order chi connectivity index (χ0) is 22.9. The lowest BCUT2D eigenvalue weighted by atomic mass is 9.95. The summed E-state index contributed by atoms with van der Waals surface area (Å²) in [5.41, 5.74) is 5.84. The maximum atomic E-state index is 5.71. The third-order valence-electron chi connectivity index (χ3n) is 6.24. The van der Waals surface area contributed by atoms with E-state index >= 15 is 0 Å². The van der Waals surface area contributed by atoms with E-state index in [0.717, 1.165) is 51.1 Å². The predicted molar refractivity (Wildman–Crippen MR) is 134 cm³/mol. The molecule has 0 fully saturated rings. The van der Waals surface area contributed by atoms with Gasteiger partial charge >= 0.3 is 0 Å². The van der Waals surface area contributed by atoms with Crippen LogP contribution >= 0.6 is 15.9 Å². The molecule has 1 aliphatic rings. The number of pyridine rings is 1. The fraction of sp³-hybridized carbons (Fsp3) is 0.222. The van der Waals surface area contributed by atoms with E-state index in [1.807, 2.05) is 6.07 Å². The van der Waals surface area contributed by atoms with Crippen LogP contribution in [0.3, 0.4) is 0 Å². The first kappa shape index (κ1) is 24.2. The molecular formula is C27H26BrClN2O3. The van der Waals surface area contributed by atoms with Gasteiger partial charge in [-0.05, 0) is 46.8 Å². The Balaban J connectivity index is 0.00000274. The van der Waals surface area contributed by atoms with E-state index < -0.39 is 0 Å². The number of methoxy groups -OCH3 is 3. The van der Waals surface area contributed by atoms with Crippen LogP contribution in [0.25, 0.3) is 22.0 Å². The first-order valence-corrected chi connectivity index (χ1v) is 11.7. The number of anilines is 1. The van der Waals surface area contributed by atoms with Crippen molar-refractivity contribution in [3.63, 3.8) is 0 Å². The quantitative estimate of drug-likeness (QED) is 0.381. The van der Waals surface area contributed by atoms with Gasteiger partial charge in [0.25, 0.3) is 0 Å². The lowest BCUT2D eigenvalue weighted by molar-refractivity contribution is -0.686. The van der Waals surface area contributed by atoms with E-state index in [1.54, 1.807) is 21.3 Å². The van der Waals surface area contributed by atoms with Crippen molar-refractivity contribution in [2.75, 3.05) is 26.6 Å². The van der Waals surface area contributed by atoms with Gasteiger partial charge in [0, 0.05) is 23.5 Å². The normalized spacial score (nSPS) is 11.8. The van der Waals surface area contributed by atoms with Crippen LogP contribution < -0.4 is 36.5 Å². The van der Waals surface area contributed by atoms with E-state index in [0.29, 0.717) is 6.54 Å². The van der Waals surface area contributed by atoms with Gasteiger partial charge in [0.2, 0.25) is 5.69 Å². The molecule has 5 rings (SSSR count).